The second-order valence-electron chi connectivity index (χ2n) is 5.88. The molecule has 3 rings (SSSR count). The van der Waals surface area contributed by atoms with E-state index >= 15 is 0 Å². The summed E-state index contributed by atoms with van der Waals surface area (Å²) in [6.45, 7) is 3.41. The summed E-state index contributed by atoms with van der Waals surface area (Å²) in [5, 5.41) is 12.3. The maximum atomic E-state index is 12.6. The summed E-state index contributed by atoms with van der Waals surface area (Å²) >= 11 is 0. The number of aromatic nitrogens is 1. The molecule has 7 nitrogen and oxygen atoms in total. The molecule has 2 heterocycles. The number of nitriles is 1. The number of benzene rings is 1. The number of nitrogens with one attached hydrogen (secondary N) is 1. The third kappa shape index (κ3) is 3.37. The Hall–Kier alpha value is -3.66. The van der Waals surface area contributed by atoms with Gasteiger partial charge in [-0.25, -0.2) is 14.5 Å². The van der Waals surface area contributed by atoms with E-state index in [1.54, 1.807) is 44.4 Å². The quantitative estimate of drug-likeness (QED) is 0.897. The van der Waals surface area contributed by atoms with Crippen LogP contribution in [0.2, 0.25) is 0 Å². The lowest BCUT2D eigenvalue weighted by Crippen LogP contribution is -2.50. The van der Waals surface area contributed by atoms with E-state index in [-0.39, 0.29) is 12.2 Å². The van der Waals surface area contributed by atoms with Crippen LogP contribution in [0.15, 0.2) is 60.1 Å². The molecule has 0 bridgehead atoms. The fourth-order valence-electron chi connectivity index (χ4n) is 3.08. The van der Waals surface area contributed by atoms with E-state index < -0.39 is 18.2 Å². The Morgan fingerprint density at radius 2 is 2.11 bits per heavy atom. The van der Waals surface area contributed by atoms with E-state index in [4.69, 9.17) is 4.74 Å². The zero-order valence-electron chi connectivity index (χ0n) is 15.0. The number of carbonyl (C=O) groups excluding carboxylic acids is 2. The van der Waals surface area contributed by atoms with E-state index in [1.807, 2.05) is 18.2 Å². The summed E-state index contributed by atoms with van der Waals surface area (Å²) in [6, 6.07) is 11.6. The van der Waals surface area contributed by atoms with Crippen LogP contribution in [-0.2, 0) is 4.74 Å². The van der Waals surface area contributed by atoms with Gasteiger partial charge in [0.05, 0.1) is 18.2 Å². The molecule has 136 valence electrons. The van der Waals surface area contributed by atoms with E-state index in [9.17, 15) is 14.9 Å². The normalized spacial score (nSPS) is 16.6. The van der Waals surface area contributed by atoms with Crippen LogP contribution >= 0.6 is 0 Å². The first kappa shape index (κ1) is 18.1. The van der Waals surface area contributed by atoms with Crippen LogP contribution in [0.5, 0.6) is 0 Å². The molecule has 0 aliphatic carbocycles. The second-order valence-corrected chi connectivity index (χ2v) is 5.88. The SMILES string of the molecule is CCOC(=O)N1C(=O)NC(C)=C(C#N)C1c1ccccc1-c1cccnc1. The monoisotopic (exact) mass is 362 g/mol. The van der Waals surface area contributed by atoms with Gasteiger partial charge in [0.15, 0.2) is 0 Å². The highest BCUT2D eigenvalue weighted by atomic mass is 16.6. The lowest BCUT2D eigenvalue weighted by molar-refractivity contribution is 0.104. The molecule has 7 heteroatoms. The van der Waals surface area contributed by atoms with Gasteiger partial charge in [0, 0.05) is 23.7 Å². The zero-order valence-corrected chi connectivity index (χ0v) is 15.0. The summed E-state index contributed by atoms with van der Waals surface area (Å²) in [7, 11) is 0. The molecular formula is C20H18N4O3. The fraction of sp³-hybridized carbons (Fsp3) is 0.200. The van der Waals surface area contributed by atoms with Gasteiger partial charge in [0.2, 0.25) is 0 Å². The van der Waals surface area contributed by atoms with Gasteiger partial charge in [-0.1, -0.05) is 30.3 Å². The molecule has 1 aliphatic heterocycles. The molecule has 1 N–H and O–H groups in total. The van der Waals surface area contributed by atoms with E-state index in [2.05, 4.69) is 16.4 Å². The van der Waals surface area contributed by atoms with Crippen molar-refractivity contribution < 1.29 is 14.3 Å². The summed E-state index contributed by atoms with van der Waals surface area (Å²) in [5.41, 5.74) is 2.93. The lowest BCUT2D eigenvalue weighted by Gasteiger charge is -2.35. The Labute approximate surface area is 156 Å². The van der Waals surface area contributed by atoms with Crippen LogP contribution in [0.25, 0.3) is 11.1 Å². The van der Waals surface area contributed by atoms with Crippen molar-refractivity contribution >= 4 is 12.1 Å². The minimum absolute atomic E-state index is 0.115. The van der Waals surface area contributed by atoms with Gasteiger partial charge in [-0.15, -0.1) is 0 Å². The Kier molecular flexibility index (Phi) is 5.18. The number of imide groups is 1. The van der Waals surface area contributed by atoms with E-state index in [1.165, 1.54) is 0 Å². The highest BCUT2D eigenvalue weighted by Crippen LogP contribution is 2.38. The van der Waals surface area contributed by atoms with Crippen molar-refractivity contribution in [1.82, 2.24) is 15.2 Å². The first-order valence-electron chi connectivity index (χ1n) is 8.45. The number of rotatable bonds is 3. The summed E-state index contributed by atoms with van der Waals surface area (Å²) < 4.78 is 5.06. The Balaban J connectivity index is 2.22. The number of hydrogen-bond donors (Lipinski definition) is 1. The van der Waals surface area contributed by atoms with Crippen molar-refractivity contribution in [2.75, 3.05) is 6.61 Å². The van der Waals surface area contributed by atoms with E-state index in [0.29, 0.717) is 11.3 Å². The van der Waals surface area contributed by atoms with Gasteiger partial charge in [-0.05, 0) is 31.0 Å². The highest BCUT2D eigenvalue weighted by molar-refractivity contribution is 5.94. The maximum Gasteiger partial charge on any atom is 0.418 e. The Morgan fingerprint density at radius 3 is 2.78 bits per heavy atom. The number of urea groups is 1. The van der Waals surface area contributed by atoms with Crippen molar-refractivity contribution in [3.8, 4) is 17.2 Å². The van der Waals surface area contributed by atoms with Gasteiger partial charge >= 0.3 is 12.1 Å². The Bertz CT molecular complexity index is 947. The number of hydrogen-bond acceptors (Lipinski definition) is 5. The Morgan fingerprint density at radius 1 is 1.33 bits per heavy atom. The average molecular weight is 362 g/mol. The number of pyridine rings is 1. The number of carbonyl (C=O) groups is 2. The van der Waals surface area contributed by atoms with Crippen molar-refractivity contribution in [1.29, 1.82) is 5.26 Å². The molecule has 0 spiro atoms. The van der Waals surface area contributed by atoms with Crippen LogP contribution in [0.3, 0.4) is 0 Å². The molecule has 2 aromatic rings. The summed E-state index contributed by atoms with van der Waals surface area (Å²) in [5.74, 6) is 0. The van der Waals surface area contributed by atoms with Gasteiger partial charge in [-0.2, -0.15) is 5.26 Å². The molecule has 0 saturated carbocycles. The molecule has 27 heavy (non-hydrogen) atoms. The highest BCUT2D eigenvalue weighted by Gasteiger charge is 2.40. The van der Waals surface area contributed by atoms with Crippen molar-refractivity contribution in [2.24, 2.45) is 0 Å². The van der Waals surface area contributed by atoms with Gasteiger partial charge in [0.1, 0.15) is 6.04 Å². The molecule has 1 aromatic carbocycles. The topological polar surface area (TPSA) is 95.3 Å². The maximum absolute atomic E-state index is 12.6. The van der Waals surface area contributed by atoms with Crippen LogP contribution in [0, 0.1) is 11.3 Å². The van der Waals surface area contributed by atoms with Gasteiger partial charge in [-0.3, -0.25) is 4.98 Å². The molecule has 0 radical (unpaired) electrons. The number of allylic oxidation sites excluding steroid dienone is 1. The molecule has 0 saturated heterocycles. The molecular weight excluding hydrogens is 344 g/mol. The second kappa shape index (κ2) is 7.70. The standard InChI is InChI=1S/C20H18N4O3/c1-3-27-20(26)24-18(17(11-21)13(2)23-19(24)25)16-9-5-4-8-15(16)14-7-6-10-22-12-14/h4-10,12,18H,3H2,1-2H3,(H,23,25). The predicted molar refractivity (Wildman–Crippen MR) is 98.1 cm³/mol. The predicted octanol–water partition coefficient (Wildman–Crippen LogP) is 3.77. The van der Waals surface area contributed by atoms with Crippen molar-refractivity contribution in [3.63, 3.8) is 0 Å². The number of ether oxygens (including phenoxy) is 1. The average Bonchev–Trinajstić information content (AvgIpc) is 2.68. The van der Waals surface area contributed by atoms with Crippen LogP contribution in [-0.4, -0.2) is 28.6 Å². The third-order valence-corrected chi connectivity index (χ3v) is 4.26. The lowest BCUT2D eigenvalue weighted by atomic mass is 9.89. The summed E-state index contributed by atoms with van der Waals surface area (Å²) in [4.78, 5) is 30.2. The smallest absolute Gasteiger partial charge is 0.418 e. The molecule has 1 aromatic heterocycles. The molecule has 1 unspecified atom stereocenters. The van der Waals surface area contributed by atoms with Crippen LogP contribution < -0.4 is 5.32 Å². The van der Waals surface area contributed by atoms with E-state index in [0.717, 1.165) is 16.0 Å². The van der Waals surface area contributed by atoms with Crippen LogP contribution in [0.4, 0.5) is 9.59 Å². The van der Waals surface area contributed by atoms with Crippen molar-refractivity contribution in [3.05, 3.63) is 65.6 Å². The molecule has 0 fully saturated rings. The third-order valence-electron chi connectivity index (χ3n) is 4.26. The van der Waals surface area contributed by atoms with Crippen molar-refractivity contribution in [2.45, 2.75) is 19.9 Å². The molecule has 1 atom stereocenters. The van der Waals surface area contributed by atoms with Gasteiger partial charge in [0.25, 0.3) is 0 Å². The van der Waals surface area contributed by atoms with Gasteiger partial charge < -0.3 is 10.1 Å². The largest absolute Gasteiger partial charge is 0.449 e. The zero-order chi connectivity index (χ0) is 19.4. The number of nitrogens with zero attached hydrogens (tertiary/aromatic N) is 3. The first-order valence-corrected chi connectivity index (χ1v) is 8.45. The molecule has 1 aliphatic rings. The first-order chi connectivity index (χ1) is 13.1. The summed E-state index contributed by atoms with van der Waals surface area (Å²) in [6.07, 6.45) is 2.55. The fourth-order valence-corrected chi connectivity index (χ4v) is 3.08. The van der Waals surface area contributed by atoms with Crippen LogP contribution in [0.1, 0.15) is 25.5 Å². The molecule has 3 amide bonds. The number of amides is 3. The minimum Gasteiger partial charge on any atom is -0.449 e. The minimum atomic E-state index is -0.890.